The summed E-state index contributed by atoms with van der Waals surface area (Å²) in [5.41, 5.74) is 2.24. The fourth-order valence-electron chi connectivity index (χ4n) is 3.63. The van der Waals surface area contributed by atoms with Crippen molar-refractivity contribution < 1.29 is 33.4 Å². The number of imide groups is 1. The average molecular weight is 590 g/mol. The number of methoxy groups -OCH3 is 1. The Balaban J connectivity index is 1.35. The van der Waals surface area contributed by atoms with Crippen molar-refractivity contribution in [2.45, 2.75) is 0 Å². The molecule has 3 amide bonds. The summed E-state index contributed by atoms with van der Waals surface area (Å²) in [6.45, 7) is 2.34. The van der Waals surface area contributed by atoms with Crippen molar-refractivity contribution in [2.75, 3.05) is 56.8 Å². The highest BCUT2D eigenvalue weighted by atomic mass is 79.9. The van der Waals surface area contributed by atoms with E-state index in [-0.39, 0.29) is 11.5 Å². The van der Waals surface area contributed by atoms with Crippen molar-refractivity contribution in [1.29, 1.82) is 0 Å². The molecule has 0 saturated carbocycles. The largest absolute Gasteiger partial charge is 0.481 e. The molecule has 2 aliphatic rings. The van der Waals surface area contributed by atoms with E-state index < -0.39 is 29.6 Å². The first kappa shape index (κ1) is 26.7. The highest BCUT2D eigenvalue weighted by molar-refractivity contribution is 9.10. The summed E-state index contributed by atoms with van der Waals surface area (Å²) < 4.78 is 15.8. The molecule has 2 aromatic carbocycles. The second-order valence-electron chi connectivity index (χ2n) is 8.02. The molecular weight excluding hydrogens is 566 g/mol. The highest BCUT2D eigenvalue weighted by Gasteiger charge is 2.36. The van der Waals surface area contributed by atoms with Gasteiger partial charge in [0.15, 0.2) is 6.61 Å². The first-order valence-corrected chi connectivity index (χ1v) is 12.9. The third kappa shape index (κ3) is 6.90. The monoisotopic (exact) mass is 589 g/mol. The Morgan fingerprint density at radius 1 is 1.14 bits per heavy atom. The number of carbonyl (C=O) groups excluding carboxylic acids is 4. The van der Waals surface area contributed by atoms with E-state index in [4.69, 9.17) is 9.47 Å². The lowest BCUT2D eigenvalue weighted by Gasteiger charge is -2.28. The molecular formula is C25H24BrN3O7S. The van der Waals surface area contributed by atoms with Gasteiger partial charge in [0.1, 0.15) is 12.3 Å². The lowest BCUT2D eigenvalue weighted by Crippen LogP contribution is -2.36. The summed E-state index contributed by atoms with van der Waals surface area (Å²) in [4.78, 5) is 52.4. The molecule has 0 aromatic heterocycles. The minimum Gasteiger partial charge on any atom is -0.481 e. The first-order valence-electron chi connectivity index (χ1n) is 11.3. The Morgan fingerprint density at radius 3 is 2.54 bits per heavy atom. The zero-order valence-corrected chi connectivity index (χ0v) is 22.3. The second-order valence-corrected chi connectivity index (χ2v) is 9.86. The van der Waals surface area contributed by atoms with Crippen molar-refractivity contribution >= 4 is 68.2 Å². The molecule has 2 aromatic rings. The summed E-state index contributed by atoms with van der Waals surface area (Å²) in [5, 5.41) is 2.21. The molecule has 10 nitrogen and oxygen atoms in total. The molecule has 2 heterocycles. The molecule has 1 N–H and O–H groups in total. The number of nitrogens with one attached hydrogen (secondary N) is 1. The van der Waals surface area contributed by atoms with Gasteiger partial charge in [0, 0.05) is 24.5 Å². The SMILES string of the molecule is COC(=O)COc1ccc(/C=C2/SC(=O)N(CC(=O)Nc3ccc(N4CCOCC4)cc3)C2=O)cc1Br. The van der Waals surface area contributed by atoms with Crippen molar-refractivity contribution in [3.63, 3.8) is 0 Å². The third-order valence-corrected chi connectivity index (χ3v) is 7.06. The summed E-state index contributed by atoms with van der Waals surface area (Å²) in [7, 11) is 1.27. The fraction of sp³-hybridized carbons (Fsp3) is 0.280. The number of benzene rings is 2. The smallest absolute Gasteiger partial charge is 0.343 e. The number of hydrogen-bond acceptors (Lipinski definition) is 9. The molecule has 0 unspecified atom stereocenters. The predicted molar refractivity (Wildman–Crippen MR) is 142 cm³/mol. The molecule has 0 spiro atoms. The topological polar surface area (TPSA) is 114 Å². The normalized spacial score (nSPS) is 16.8. The van der Waals surface area contributed by atoms with Crippen LogP contribution < -0.4 is 15.0 Å². The number of esters is 1. The molecule has 4 rings (SSSR count). The summed E-state index contributed by atoms with van der Waals surface area (Å²) >= 11 is 4.13. The maximum Gasteiger partial charge on any atom is 0.343 e. The van der Waals surface area contributed by atoms with Crippen molar-refractivity contribution in [2.24, 2.45) is 0 Å². The van der Waals surface area contributed by atoms with Gasteiger partial charge in [-0.15, -0.1) is 0 Å². The molecule has 0 atom stereocenters. The number of thioether (sulfide) groups is 1. The number of morpholine rings is 1. The number of nitrogens with zero attached hydrogens (tertiary/aromatic N) is 2. The van der Waals surface area contributed by atoms with Gasteiger partial charge in [0.2, 0.25) is 5.91 Å². The number of ether oxygens (including phenoxy) is 3. The van der Waals surface area contributed by atoms with Crippen LogP contribution in [-0.2, 0) is 23.9 Å². The molecule has 194 valence electrons. The van der Waals surface area contributed by atoms with E-state index in [1.807, 2.05) is 12.1 Å². The van der Waals surface area contributed by atoms with Crippen LogP contribution in [0.15, 0.2) is 51.8 Å². The molecule has 2 saturated heterocycles. The molecule has 2 fully saturated rings. The van der Waals surface area contributed by atoms with Gasteiger partial charge >= 0.3 is 5.97 Å². The highest BCUT2D eigenvalue weighted by Crippen LogP contribution is 2.34. The van der Waals surface area contributed by atoms with Gasteiger partial charge in [0.25, 0.3) is 11.1 Å². The number of carbonyl (C=O) groups is 4. The van der Waals surface area contributed by atoms with E-state index in [0.29, 0.717) is 34.7 Å². The quantitative estimate of drug-likeness (QED) is 0.365. The lowest BCUT2D eigenvalue weighted by molar-refractivity contribution is -0.143. The van der Waals surface area contributed by atoms with Crippen LogP contribution in [0.3, 0.4) is 0 Å². The average Bonchev–Trinajstić information content (AvgIpc) is 3.16. The zero-order chi connectivity index (χ0) is 26.4. The lowest BCUT2D eigenvalue weighted by atomic mass is 10.2. The number of anilines is 2. The summed E-state index contributed by atoms with van der Waals surface area (Å²) in [6.07, 6.45) is 1.56. The minimum absolute atomic E-state index is 0.197. The van der Waals surface area contributed by atoms with Gasteiger partial charge in [-0.3, -0.25) is 19.3 Å². The van der Waals surface area contributed by atoms with Crippen LogP contribution >= 0.6 is 27.7 Å². The van der Waals surface area contributed by atoms with Crippen LogP contribution in [0, 0.1) is 0 Å². The van der Waals surface area contributed by atoms with Gasteiger partial charge in [0.05, 0.1) is 29.7 Å². The van der Waals surface area contributed by atoms with E-state index in [1.165, 1.54) is 7.11 Å². The molecule has 2 aliphatic heterocycles. The minimum atomic E-state index is -0.546. The fourth-order valence-corrected chi connectivity index (χ4v) is 4.98. The zero-order valence-electron chi connectivity index (χ0n) is 19.9. The van der Waals surface area contributed by atoms with E-state index in [0.717, 1.165) is 35.4 Å². The number of amides is 3. The van der Waals surface area contributed by atoms with E-state index in [9.17, 15) is 19.2 Å². The van der Waals surface area contributed by atoms with Crippen LogP contribution in [0.25, 0.3) is 6.08 Å². The predicted octanol–water partition coefficient (Wildman–Crippen LogP) is 3.51. The van der Waals surface area contributed by atoms with Crippen molar-refractivity contribution in [3.05, 3.63) is 57.4 Å². The first-order chi connectivity index (χ1) is 17.8. The Labute approximate surface area is 226 Å². The number of hydrogen-bond donors (Lipinski definition) is 1. The van der Waals surface area contributed by atoms with Crippen LogP contribution in [0.1, 0.15) is 5.56 Å². The Morgan fingerprint density at radius 2 is 1.86 bits per heavy atom. The van der Waals surface area contributed by atoms with Gasteiger partial charge in [-0.2, -0.15) is 0 Å². The van der Waals surface area contributed by atoms with Crippen LogP contribution in [0.4, 0.5) is 16.2 Å². The maximum atomic E-state index is 12.8. The number of halogens is 1. The van der Waals surface area contributed by atoms with Gasteiger partial charge in [-0.05, 0) is 75.7 Å². The Hall–Kier alpha value is -3.35. The van der Waals surface area contributed by atoms with Crippen LogP contribution in [0.5, 0.6) is 5.75 Å². The van der Waals surface area contributed by atoms with E-state index >= 15 is 0 Å². The van der Waals surface area contributed by atoms with Crippen molar-refractivity contribution in [3.8, 4) is 5.75 Å². The van der Waals surface area contributed by atoms with Crippen LogP contribution in [-0.4, -0.2) is 74.5 Å². The van der Waals surface area contributed by atoms with Crippen molar-refractivity contribution in [1.82, 2.24) is 4.90 Å². The molecule has 0 aliphatic carbocycles. The second kappa shape index (κ2) is 12.3. The molecule has 0 bridgehead atoms. The van der Waals surface area contributed by atoms with Gasteiger partial charge < -0.3 is 24.4 Å². The van der Waals surface area contributed by atoms with E-state index in [1.54, 1.807) is 36.4 Å². The summed E-state index contributed by atoms with van der Waals surface area (Å²) in [6, 6.07) is 12.4. The Bertz CT molecular complexity index is 1230. The van der Waals surface area contributed by atoms with E-state index in [2.05, 4.69) is 30.9 Å². The van der Waals surface area contributed by atoms with Gasteiger partial charge in [-0.25, -0.2) is 4.79 Å². The van der Waals surface area contributed by atoms with Gasteiger partial charge in [-0.1, -0.05) is 6.07 Å². The molecule has 0 radical (unpaired) electrons. The standard InChI is InChI=1S/C25H24BrN3O7S/c1-34-23(31)15-36-20-7-2-16(12-19(20)26)13-21-24(32)29(25(33)37-21)14-22(30)27-17-3-5-18(6-4-17)28-8-10-35-11-9-28/h2-7,12-13H,8-11,14-15H2,1H3,(H,27,30)/b21-13+. The molecule has 37 heavy (non-hydrogen) atoms. The third-order valence-electron chi connectivity index (χ3n) is 5.53. The molecule has 12 heteroatoms. The maximum absolute atomic E-state index is 12.8. The van der Waals surface area contributed by atoms with Crippen LogP contribution in [0.2, 0.25) is 0 Å². The summed E-state index contributed by atoms with van der Waals surface area (Å²) in [5.74, 6) is -1.11. The Kier molecular flexibility index (Phi) is 8.85. The number of rotatable bonds is 8.